The maximum absolute atomic E-state index is 13.0. The van der Waals surface area contributed by atoms with Crippen LogP contribution in [0.1, 0.15) is 305 Å². The van der Waals surface area contributed by atoms with Gasteiger partial charge in [-0.1, -0.05) is 254 Å². The molecule has 19 heteroatoms. The summed E-state index contributed by atoms with van der Waals surface area (Å²) in [7, 11) is -9.88. The van der Waals surface area contributed by atoms with Crippen molar-refractivity contribution in [2.75, 3.05) is 39.6 Å². The van der Waals surface area contributed by atoms with Crippen molar-refractivity contribution in [1.29, 1.82) is 0 Å². The number of hydrogen-bond acceptors (Lipinski definition) is 15. The van der Waals surface area contributed by atoms with Crippen molar-refractivity contribution >= 4 is 39.5 Å². The Balaban J connectivity index is 5.24. The van der Waals surface area contributed by atoms with E-state index in [0.29, 0.717) is 25.7 Å². The van der Waals surface area contributed by atoms with Crippen molar-refractivity contribution < 1.29 is 80.2 Å². The molecule has 0 aliphatic rings. The van der Waals surface area contributed by atoms with Gasteiger partial charge in [0.05, 0.1) is 26.4 Å². The van der Waals surface area contributed by atoms with Gasteiger partial charge >= 0.3 is 39.5 Å². The lowest BCUT2D eigenvalue weighted by atomic mass is 10.00. The first kappa shape index (κ1) is 80.1. The van der Waals surface area contributed by atoms with Crippen LogP contribution >= 0.6 is 15.6 Å². The van der Waals surface area contributed by atoms with Gasteiger partial charge in [-0.15, -0.1) is 0 Å². The predicted molar refractivity (Wildman–Crippen MR) is 326 cm³/mol. The second kappa shape index (κ2) is 54.5. The molecule has 3 unspecified atom stereocenters. The Morgan fingerprint density at radius 2 is 0.622 bits per heavy atom. The number of phosphoric acid groups is 2. The highest BCUT2D eigenvalue weighted by Crippen LogP contribution is 2.45. The molecule has 0 fully saturated rings. The molecule has 3 N–H and O–H groups in total. The lowest BCUT2D eigenvalue weighted by Gasteiger charge is -2.21. The minimum atomic E-state index is -4.94. The average molecular weight is 1210 g/mol. The van der Waals surface area contributed by atoms with Crippen LogP contribution in [-0.2, 0) is 65.4 Å². The number of aliphatic hydroxyl groups excluding tert-OH is 1. The maximum Gasteiger partial charge on any atom is 0.472 e. The molecule has 0 spiro atoms. The lowest BCUT2D eigenvalue weighted by Crippen LogP contribution is -2.30. The topological polar surface area (TPSA) is 237 Å². The molecule has 0 radical (unpaired) electrons. The first-order valence-corrected chi connectivity index (χ1v) is 35.9. The second-order valence-electron chi connectivity index (χ2n) is 24.0. The minimum absolute atomic E-state index is 0.102. The fourth-order valence-corrected chi connectivity index (χ4v) is 10.9. The van der Waals surface area contributed by atoms with Crippen LogP contribution in [0.15, 0.2) is 0 Å². The van der Waals surface area contributed by atoms with Crippen LogP contribution in [0.25, 0.3) is 0 Å². The number of hydrogen-bond donors (Lipinski definition) is 3. The van der Waals surface area contributed by atoms with Gasteiger partial charge in [-0.2, -0.15) is 0 Å². The quantitative estimate of drug-likeness (QED) is 0.0222. The Morgan fingerprint density at radius 1 is 0.354 bits per heavy atom. The number of carbonyl (C=O) groups excluding carboxylic acids is 4. The Bertz CT molecular complexity index is 1630. The molecular weight excluding hydrogens is 1090 g/mol. The van der Waals surface area contributed by atoms with Crippen LogP contribution < -0.4 is 0 Å². The number of phosphoric ester groups is 2. The first-order valence-electron chi connectivity index (χ1n) is 32.9. The van der Waals surface area contributed by atoms with Gasteiger partial charge in [0.2, 0.25) is 0 Å². The molecule has 0 aromatic carbocycles. The zero-order chi connectivity index (χ0) is 61.0. The van der Waals surface area contributed by atoms with Crippen LogP contribution in [0.4, 0.5) is 0 Å². The highest BCUT2D eigenvalue weighted by Gasteiger charge is 2.30. The summed E-state index contributed by atoms with van der Waals surface area (Å²) in [6, 6.07) is 0. The van der Waals surface area contributed by atoms with E-state index in [9.17, 15) is 43.2 Å². The van der Waals surface area contributed by atoms with Gasteiger partial charge in [-0.05, 0) is 43.4 Å². The number of carbonyl (C=O) groups is 4. The third-order valence-electron chi connectivity index (χ3n) is 14.7. The molecule has 0 aromatic rings. The largest absolute Gasteiger partial charge is 0.472 e. The monoisotopic (exact) mass is 1210 g/mol. The highest BCUT2D eigenvalue weighted by atomic mass is 31.2. The van der Waals surface area contributed by atoms with E-state index in [-0.39, 0.29) is 25.7 Å². The summed E-state index contributed by atoms with van der Waals surface area (Å²) < 4.78 is 67.9. The molecule has 0 aliphatic heterocycles. The Kier molecular flexibility index (Phi) is 53.2. The molecule has 0 heterocycles. The molecule has 0 aliphatic carbocycles. The van der Waals surface area contributed by atoms with Gasteiger partial charge in [-0.3, -0.25) is 37.3 Å². The zero-order valence-electron chi connectivity index (χ0n) is 52.9. The van der Waals surface area contributed by atoms with Gasteiger partial charge < -0.3 is 33.8 Å². The van der Waals surface area contributed by atoms with E-state index < -0.39 is 97.5 Å². The van der Waals surface area contributed by atoms with Crippen molar-refractivity contribution in [3.63, 3.8) is 0 Å². The van der Waals surface area contributed by atoms with Crippen molar-refractivity contribution in [1.82, 2.24) is 0 Å². The molecule has 0 saturated heterocycles. The van der Waals surface area contributed by atoms with Crippen LogP contribution in [0.5, 0.6) is 0 Å². The molecule has 82 heavy (non-hydrogen) atoms. The fourth-order valence-electron chi connectivity index (χ4n) is 9.27. The SMILES string of the molecule is CCCCCCCCCCC(=O)OC[C@H](COP(=O)(O)OC[C@H](O)COP(=O)(O)OC[C@@H](COC(=O)CCCCCCCCCCC(C)C)OC(=O)CCCCCCCCCCCCC(C)C)OC(=O)CCCCCCCCC(C)CC. The van der Waals surface area contributed by atoms with E-state index in [4.69, 9.17) is 37.0 Å². The van der Waals surface area contributed by atoms with Crippen LogP contribution in [-0.4, -0.2) is 96.7 Å². The maximum atomic E-state index is 13.0. The normalized spacial score (nSPS) is 14.7. The fraction of sp³-hybridized carbons (Fsp3) is 0.937. The number of rotatable bonds is 61. The first-order chi connectivity index (χ1) is 39.3. The van der Waals surface area contributed by atoms with Gasteiger partial charge in [0.15, 0.2) is 12.2 Å². The van der Waals surface area contributed by atoms with Crippen LogP contribution in [0, 0.1) is 17.8 Å². The standard InChI is InChI=1S/C63H122O17P2/c1-8-10-11-12-13-22-30-37-44-60(65)73-51-59(80-63(68)47-40-33-26-25-29-36-43-56(7)9-2)53-78-82(71,72)76-49-57(64)48-75-81(69,70)77-52-58(50-74-61(66)45-38-31-23-19-18-21-28-35-42-55(5)6)79-62(67)46-39-32-24-17-15-14-16-20-27-34-41-54(3)4/h54-59,64H,8-53H2,1-7H3,(H,69,70)(H,71,72)/t56?,57-,58-,59-/m1/s1. The summed E-state index contributed by atoms with van der Waals surface area (Å²) in [5.41, 5.74) is 0. The molecule has 0 rings (SSSR count). The van der Waals surface area contributed by atoms with Crippen molar-refractivity contribution in [2.45, 2.75) is 324 Å². The van der Waals surface area contributed by atoms with Crippen molar-refractivity contribution in [3.05, 3.63) is 0 Å². The molecule has 486 valence electrons. The zero-order valence-corrected chi connectivity index (χ0v) is 54.7. The summed E-state index contributed by atoms with van der Waals surface area (Å²) in [6.45, 7) is 11.7. The molecule has 0 bridgehead atoms. The number of ether oxygens (including phenoxy) is 4. The summed E-state index contributed by atoms with van der Waals surface area (Å²) in [6.07, 6.45) is 34.9. The minimum Gasteiger partial charge on any atom is -0.462 e. The van der Waals surface area contributed by atoms with E-state index in [1.54, 1.807) is 0 Å². The van der Waals surface area contributed by atoms with Crippen molar-refractivity contribution in [2.24, 2.45) is 17.8 Å². The smallest absolute Gasteiger partial charge is 0.462 e. The Labute approximate surface area is 498 Å². The highest BCUT2D eigenvalue weighted by molar-refractivity contribution is 7.47. The molecule has 0 amide bonds. The Hall–Kier alpha value is -1.94. The summed E-state index contributed by atoms with van der Waals surface area (Å²) >= 11 is 0. The predicted octanol–water partition coefficient (Wildman–Crippen LogP) is 17.1. The van der Waals surface area contributed by atoms with Crippen molar-refractivity contribution in [3.8, 4) is 0 Å². The van der Waals surface area contributed by atoms with Gasteiger partial charge in [0.25, 0.3) is 0 Å². The van der Waals surface area contributed by atoms with Crippen LogP contribution in [0.2, 0.25) is 0 Å². The second-order valence-corrected chi connectivity index (χ2v) is 26.9. The number of aliphatic hydroxyl groups is 1. The molecule has 0 saturated carbocycles. The third kappa shape index (κ3) is 55.9. The Morgan fingerprint density at radius 3 is 0.927 bits per heavy atom. The summed E-state index contributed by atoms with van der Waals surface area (Å²) in [4.78, 5) is 72.1. The van der Waals surface area contributed by atoms with Gasteiger partial charge in [0, 0.05) is 25.7 Å². The summed E-state index contributed by atoms with van der Waals surface area (Å²) in [5, 5.41) is 10.5. The lowest BCUT2D eigenvalue weighted by molar-refractivity contribution is -0.161. The van der Waals surface area contributed by atoms with E-state index in [2.05, 4.69) is 48.5 Å². The average Bonchev–Trinajstić information content (AvgIpc) is 3.48. The van der Waals surface area contributed by atoms with E-state index in [1.807, 2.05) is 0 Å². The molecular formula is C63H122O17P2. The number of unbranched alkanes of at least 4 members (excludes halogenated alkanes) is 28. The molecule has 6 atom stereocenters. The summed E-state index contributed by atoms with van der Waals surface area (Å²) in [5.74, 6) is 0.0566. The molecule has 17 nitrogen and oxygen atoms in total. The van der Waals surface area contributed by atoms with Crippen LogP contribution in [0.3, 0.4) is 0 Å². The third-order valence-corrected chi connectivity index (χ3v) is 16.6. The molecule has 0 aromatic heterocycles. The van der Waals surface area contributed by atoms with E-state index >= 15 is 0 Å². The number of esters is 4. The van der Waals surface area contributed by atoms with E-state index in [1.165, 1.54) is 109 Å². The van der Waals surface area contributed by atoms with Gasteiger partial charge in [0.1, 0.15) is 19.3 Å². The van der Waals surface area contributed by atoms with E-state index in [0.717, 1.165) is 114 Å². The van der Waals surface area contributed by atoms with Gasteiger partial charge in [-0.25, -0.2) is 9.13 Å².